The Balaban J connectivity index is 1.31. The lowest BCUT2D eigenvalue weighted by atomic mass is 9.98. The van der Waals surface area contributed by atoms with Crippen molar-refractivity contribution >= 4 is 60.5 Å². The Labute approximate surface area is 267 Å². The number of fused-ring (bicyclic) bond motifs is 6. The summed E-state index contributed by atoms with van der Waals surface area (Å²) in [5.41, 5.74) is 9.78. The van der Waals surface area contributed by atoms with Crippen LogP contribution in [0.3, 0.4) is 0 Å². The number of benzene rings is 8. The predicted molar refractivity (Wildman–Crippen MR) is 194 cm³/mol. The number of para-hydroxylation sites is 1. The largest absolute Gasteiger partial charge is 0.455 e. The zero-order valence-corrected chi connectivity index (χ0v) is 25.1. The quantitative estimate of drug-likeness (QED) is 0.199. The van der Waals surface area contributed by atoms with Gasteiger partial charge in [-0.05, 0) is 75.3 Å². The van der Waals surface area contributed by atoms with Crippen molar-refractivity contribution in [2.45, 2.75) is 0 Å². The maximum atomic E-state index is 6.64. The van der Waals surface area contributed by atoms with Gasteiger partial charge in [0.25, 0.3) is 0 Å². The summed E-state index contributed by atoms with van der Waals surface area (Å²) in [4.78, 5) is 2.39. The highest BCUT2D eigenvalue weighted by Gasteiger charge is 2.22. The Morgan fingerprint density at radius 2 is 1.04 bits per heavy atom. The summed E-state index contributed by atoms with van der Waals surface area (Å²) in [7, 11) is 0. The normalized spacial score (nSPS) is 11.5. The minimum Gasteiger partial charge on any atom is -0.455 e. The average molecular weight is 588 g/mol. The lowest BCUT2D eigenvalue weighted by Crippen LogP contribution is -2.11. The molecule has 0 aliphatic heterocycles. The topological polar surface area (TPSA) is 16.4 Å². The summed E-state index contributed by atoms with van der Waals surface area (Å²) >= 11 is 0. The van der Waals surface area contributed by atoms with Crippen LogP contribution in [0.5, 0.6) is 0 Å². The second-order valence-corrected chi connectivity index (χ2v) is 11.7. The van der Waals surface area contributed by atoms with Gasteiger partial charge in [0.2, 0.25) is 0 Å². The number of rotatable bonds is 5. The van der Waals surface area contributed by atoms with E-state index in [1.165, 1.54) is 32.8 Å². The molecular weight excluding hydrogens is 558 g/mol. The number of hydrogen-bond donors (Lipinski definition) is 0. The Bertz CT molecular complexity index is 2530. The molecular formula is C44H29NO. The van der Waals surface area contributed by atoms with Crippen LogP contribution in [0.4, 0.5) is 17.1 Å². The van der Waals surface area contributed by atoms with Gasteiger partial charge in [-0.1, -0.05) is 133 Å². The van der Waals surface area contributed by atoms with Crippen LogP contribution in [-0.2, 0) is 0 Å². The molecule has 8 aromatic carbocycles. The molecule has 9 rings (SSSR count). The molecule has 2 heteroatoms. The molecule has 0 amide bonds. The molecule has 1 heterocycles. The van der Waals surface area contributed by atoms with Crippen LogP contribution in [0.15, 0.2) is 180 Å². The second-order valence-electron chi connectivity index (χ2n) is 11.7. The fourth-order valence-corrected chi connectivity index (χ4v) is 6.83. The first-order valence-corrected chi connectivity index (χ1v) is 15.7. The zero-order valence-electron chi connectivity index (χ0n) is 25.1. The molecule has 0 saturated carbocycles. The van der Waals surface area contributed by atoms with Crippen LogP contribution in [0.1, 0.15) is 0 Å². The van der Waals surface area contributed by atoms with E-state index < -0.39 is 0 Å². The molecule has 216 valence electrons. The van der Waals surface area contributed by atoms with Gasteiger partial charge in [-0.2, -0.15) is 0 Å². The van der Waals surface area contributed by atoms with Crippen LogP contribution in [0.25, 0.3) is 65.7 Å². The third-order valence-corrected chi connectivity index (χ3v) is 9.04. The van der Waals surface area contributed by atoms with Crippen molar-refractivity contribution in [2.24, 2.45) is 0 Å². The molecule has 0 aliphatic rings. The van der Waals surface area contributed by atoms with Gasteiger partial charge in [0.1, 0.15) is 11.2 Å². The molecule has 0 bridgehead atoms. The Kier molecular flexibility index (Phi) is 6.17. The lowest BCUT2D eigenvalue weighted by Gasteiger charge is -2.28. The van der Waals surface area contributed by atoms with E-state index >= 15 is 0 Å². The minimum atomic E-state index is 0.873. The summed E-state index contributed by atoms with van der Waals surface area (Å²) in [6.07, 6.45) is 0. The third-order valence-electron chi connectivity index (χ3n) is 9.04. The van der Waals surface area contributed by atoms with Crippen molar-refractivity contribution in [1.82, 2.24) is 0 Å². The Morgan fingerprint density at radius 1 is 0.391 bits per heavy atom. The second kappa shape index (κ2) is 10.8. The van der Waals surface area contributed by atoms with Gasteiger partial charge in [-0.3, -0.25) is 0 Å². The van der Waals surface area contributed by atoms with Gasteiger partial charge >= 0.3 is 0 Å². The summed E-state index contributed by atoms with van der Waals surface area (Å²) in [6.45, 7) is 0. The maximum Gasteiger partial charge on any atom is 0.143 e. The molecule has 0 aliphatic carbocycles. The van der Waals surface area contributed by atoms with E-state index in [9.17, 15) is 0 Å². The first-order valence-electron chi connectivity index (χ1n) is 15.7. The molecule has 9 aromatic rings. The average Bonchev–Trinajstić information content (AvgIpc) is 3.53. The fraction of sp³-hybridized carbons (Fsp3) is 0. The molecule has 0 N–H and O–H groups in total. The number of hydrogen-bond acceptors (Lipinski definition) is 2. The number of anilines is 3. The molecule has 46 heavy (non-hydrogen) atoms. The van der Waals surface area contributed by atoms with Crippen molar-refractivity contribution in [2.75, 3.05) is 4.90 Å². The SMILES string of the molecule is c1ccc(-c2ccc(N(c3ccccc3-c3ccc4ccccc4c3)c3cccc4oc5c6ccccc6ccc5c34)cc2)cc1. The Hall–Kier alpha value is -6.12. The van der Waals surface area contributed by atoms with Crippen molar-refractivity contribution in [1.29, 1.82) is 0 Å². The van der Waals surface area contributed by atoms with Crippen LogP contribution in [0, 0.1) is 0 Å². The number of furan rings is 1. The first-order chi connectivity index (χ1) is 22.8. The number of nitrogens with zero attached hydrogens (tertiary/aromatic N) is 1. The van der Waals surface area contributed by atoms with Crippen LogP contribution in [0.2, 0.25) is 0 Å². The molecule has 0 saturated heterocycles. The summed E-state index contributed by atoms with van der Waals surface area (Å²) in [6, 6.07) is 62.7. The standard InChI is InChI=1S/C44H29NO/c1-2-11-30(12-3-1)32-23-26-36(27-24-32)45(40-18-9-8-16-37(40)35-22-21-31-13-4-5-15-34(31)29-35)41-19-10-20-42-43(41)39-28-25-33-14-6-7-17-38(33)44(39)46-42/h1-29H. The first kappa shape index (κ1) is 26.3. The highest BCUT2D eigenvalue weighted by atomic mass is 16.3. The monoisotopic (exact) mass is 587 g/mol. The van der Waals surface area contributed by atoms with E-state index in [1.54, 1.807) is 0 Å². The Morgan fingerprint density at radius 3 is 1.91 bits per heavy atom. The van der Waals surface area contributed by atoms with Gasteiger partial charge in [-0.25, -0.2) is 0 Å². The van der Waals surface area contributed by atoms with Crippen LogP contribution >= 0.6 is 0 Å². The van der Waals surface area contributed by atoms with E-state index in [4.69, 9.17) is 4.42 Å². The van der Waals surface area contributed by atoms with E-state index in [0.29, 0.717) is 0 Å². The van der Waals surface area contributed by atoms with E-state index in [2.05, 4.69) is 181 Å². The molecule has 0 fully saturated rings. The van der Waals surface area contributed by atoms with Crippen LogP contribution < -0.4 is 4.90 Å². The van der Waals surface area contributed by atoms with Crippen molar-refractivity contribution < 1.29 is 4.42 Å². The van der Waals surface area contributed by atoms with Gasteiger partial charge in [0, 0.05) is 22.0 Å². The summed E-state index contributed by atoms with van der Waals surface area (Å²) < 4.78 is 6.64. The maximum absolute atomic E-state index is 6.64. The highest BCUT2D eigenvalue weighted by Crippen LogP contribution is 2.47. The van der Waals surface area contributed by atoms with Gasteiger partial charge < -0.3 is 9.32 Å². The van der Waals surface area contributed by atoms with Crippen molar-refractivity contribution in [3.63, 3.8) is 0 Å². The fourth-order valence-electron chi connectivity index (χ4n) is 6.83. The van der Waals surface area contributed by atoms with E-state index in [-0.39, 0.29) is 0 Å². The van der Waals surface area contributed by atoms with Crippen LogP contribution in [-0.4, -0.2) is 0 Å². The molecule has 0 radical (unpaired) electrons. The van der Waals surface area contributed by atoms with E-state index in [0.717, 1.165) is 50.0 Å². The van der Waals surface area contributed by atoms with Crippen molar-refractivity contribution in [3.05, 3.63) is 176 Å². The van der Waals surface area contributed by atoms with E-state index in [1.807, 2.05) is 0 Å². The van der Waals surface area contributed by atoms with Crippen molar-refractivity contribution in [3.8, 4) is 22.3 Å². The molecule has 0 unspecified atom stereocenters. The molecule has 2 nitrogen and oxygen atoms in total. The highest BCUT2D eigenvalue weighted by molar-refractivity contribution is 6.19. The molecule has 0 atom stereocenters. The smallest absolute Gasteiger partial charge is 0.143 e. The molecule has 1 aromatic heterocycles. The molecule has 0 spiro atoms. The minimum absolute atomic E-state index is 0.873. The van der Waals surface area contributed by atoms with Gasteiger partial charge in [0.15, 0.2) is 0 Å². The van der Waals surface area contributed by atoms with Gasteiger partial charge in [-0.15, -0.1) is 0 Å². The lowest BCUT2D eigenvalue weighted by molar-refractivity contribution is 0.672. The van der Waals surface area contributed by atoms with Gasteiger partial charge in [0.05, 0.1) is 16.8 Å². The zero-order chi connectivity index (χ0) is 30.5. The summed E-state index contributed by atoms with van der Waals surface area (Å²) in [5.74, 6) is 0. The summed E-state index contributed by atoms with van der Waals surface area (Å²) in [5, 5.41) is 6.97. The predicted octanol–water partition coefficient (Wildman–Crippen LogP) is 12.7. The third kappa shape index (κ3) is 4.35.